The first-order chi connectivity index (χ1) is 7.79. The number of rotatable bonds is 4. The lowest BCUT2D eigenvalue weighted by Gasteiger charge is -2.42. The van der Waals surface area contributed by atoms with Crippen LogP contribution in [0.15, 0.2) is 0 Å². The van der Waals surface area contributed by atoms with Gasteiger partial charge in [0.1, 0.15) is 5.78 Å². The molecule has 0 unspecified atom stereocenters. The molecule has 1 rings (SSSR count). The zero-order valence-corrected chi connectivity index (χ0v) is 11.2. The highest BCUT2D eigenvalue weighted by atomic mass is 16.7. The first kappa shape index (κ1) is 14.2. The molecule has 0 aromatic rings. The standard InChI is InChI=1S/C14H22O3/c1-6-7-8-11(15)13(2,3)12-9-10-16-14(4,5)17-12/h1,12H,7-10H2,2-5H3/t12-/m0/s1. The van der Waals surface area contributed by atoms with Gasteiger partial charge in [-0.2, -0.15) is 0 Å². The summed E-state index contributed by atoms with van der Waals surface area (Å²) in [5.41, 5.74) is -0.502. The van der Waals surface area contributed by atoms with Crippen molar-refractivity contribution in [3.05, 3.63) is 0 Å². The summed E-state index contributed by atoms with van der Waals surface area (Å²) < 4.78 is 11.3. The summed E-state index contributed by atoms with van der Waals surface area (Å²) in [6.45, 7) is 8.24. The van der Waals surface area contributed by atoms with Crippen LogP contribution in [0.2, 0.25) is 0 Å². The van der Waals surface area contributed by atoms with Gasteiger partial charge in [-0.3, -0.25) is 4.79 Å². The number of ketones is 1. The van der Waals surface area contributed by atoms with Gasteiger partial charge in [0.25, 0.3) is 0 Å². The number of terminal acetylenes is 1. The molecule has 0 amide bonds. The van der Waals surface area contributed by atoms with Crippen LogP contribution in [0.1, 0.15) is 47.0 Å². The third kappa shape index (κ3) is 3.55. The van der Waals surface area contributed by atoms with E-state index in [1.807, 2.05) is 27.7 Å². The fraction of sp³-hybridized carbons (Fsp3) is 0.786. The molecule has 96 valence electrons. The van der Waals surface area contributed by atoms with Crippen molar-refractivity contribution in [3.8, 4) is 12.3 Å². The minimum atomic E-state index is -0.605. The molecule has 0 aliphatic carbocycles. The average Bonchev–Trinajstić information content (AvgIpc) is 2.24. The molecule has 1 saturated heterocycles. The van der Waals surface area contributed by atoms with Crippen LogP contribution in [-0.2, 0) is 14.3 Å². The molecule has 1 aliphatic heterocycles. The largest absolute Gasteiger partial charge is 0.350 e. The van der Waals surface area contributed by atoms with Crippen molar-refractivity contribution in [2.24, 2.45) is 5.41 Å². The summed E-state index contributed by atoms with van der Waals surface area (Å²) in [6, 6.07) is 0. The van der Waals surface area contributed by atoms with Crippen LogP contribution in [0, 0.1) is 17.8 Å². The molecular formula is C14H22O3. The average molecular weight is 238 g/mol. The molecule has 17 heavy (non-hydrogen) atoms. The monoisotopic (exact) mass is 238 g/mol. The molecule has 0 radical (unpaired) electrons. The second-order valence-corrected chi connectivity index (χ2v) is 5.49. The number of Topliss-reactive ketones (excluding diaryl/α,β-unsaturated/α-hetero) is 1. The molecule has 1 fully saturated rings. The summed E-state index contributed by atoms with van der Waals surface area (Å²) >= 11 is 0. The zero-order valence-electron chi connectivity index (χ0n) is 11.2. The first-order valence-corrected chi connectivity index (χ1v) is 6.08. The highest BCUT2D eigenvalue weighted by Gasteiger charge is 2.42. The van der Waals surface area contributed by atoms with Crippen LogP contribution in [-0.4, -0.2) is 24.3 Å². The van der Waals surface area contributed by atoms with Gasteiger partial charge in [0, 0.05) is 18.3 Å². The van der Waals surface area contributed by atoms with Gasteiger partial charge in [-0.05, 0) is 20.3 Å². The Balaban J connectivity index is 2.69. The van der Waals surface area contributed by atoms with Crippen molar-refractivity contribution in [3.63, 3.8) is 0 Å². The van der Waals surface area contributed by atoms with Gasteiger partial charge in [-0.15, -0.1) is 12.3 Å². The Bertz CT molecular complexity index is 323. The second-order valence-electron chi connectivity index (χ2n) is 5.49. The third-order valence-corrected chi connectivity index (χ3v) is 3.28. The lowest BCUT2D eigenvalue weighted by molar-refractivity contribution is -0.288. The molecule has 0 spiro atoms. The molecule has 0 N–H and O–H groups in total. The molecule has 3 heteroatoms. The quantitative estimate of drug-likeness (QED) is 0.706. The van der Waals surface area contributed by atoms with Crippen molar-refractivity contribution in [1.82, 2.24) is 0 Å². The van der Waals surface area contributed by atoms with Gasteiger partial charge < -0.3 is 9.47 Å². The van der Waals surface area contributed by atoms with E-state index < -0.39 is 11.2 Å². The fourth-order valence-electron chi connectivity index (χ4n) is 2.04. The van der Waals surface area contributed by atoms with Crippen LogP contribution in [0.3, 0.4) is 0 Å². The predicted molar refractivity (Wildman–Crippen MR) is 66.4 cm³/mol. The van der Waals surface area contributed by atoms with Crippen LogP contribution in [0.4, 0.5) is 0 Å². The van der Waals surface area contributed by atoms with Crippen molar-refractivity contribution in [2.75, 3.05) is 6.61 Å². The lowest BCUT2D eigenvalue weighted by Crippen LogP contribution is -2.49. The minimum absolute atomic E-state index is 0.100. The van der Waals surface area contributed by atoms with Gasteiger partial charge in [0.05, 0.1) is 12.7 Å². The second kappa shape index (κ2) is 5.20. The summed E-state index contributed by atoms with van der Waals surface area (Å²) in [4.78, 5) is 12.1. The van der Waals surface area contributed by atoms with E-state index in [0.717, 1.165) is 6.42 Å². The number of hydrogen-bond acceptors (Lipinski definition) is 3. The van der Waals surface area contributed by atoms with Crippen molar-refractivity contribution >= 4 is 5.78 Å². The molecule has 1 heterocycles. The van der Waals surface area contributed by atoms with E-state index in [1.165, 1.54) is 0 Å². The molecule has 1 aliphatic rings. The van der Waals surface area contributed by atoms with Crippen LogP contribution < -0.4 is 0 Å². The molecule has 3 nitrogen and oxygen atoms in total. The van der Waals surface area contributed by atoms with Crippen molar-refractivity contribution in [2.45, 2.75) is 58.8 Å². The molecule has 0 bridgehead atoms. The van der Waals surface area contributed by atoms with Crippen molar-refractivity contribution < 1.29 is 14.3 Å². The smallest absolute Gasteiger partial charge is 0.163 e. The van der Waals surface area contributed by atoms with E-state index in [2.05, 4.69) is 5.92 Å². The van der Waals surface area contributed by atoms with Crippen LogP contribution in [0.25, 0.3) is 0 Å². The van der Waals surface area contributed by atoms with E-state index >= 15 is 0 Å². The Kier molecular flexibility index (Phi) is 4.35. The Morgan fingerprint density at radius 2 is 2.18 bits per heavy atom. The van der Waals surface area contributed by atoms with E-state index in [-0.39, 0.29) is 11.9 Å². The van der Waals surface area contributed by atoms with Crippen LogP contribution in [0.5, 0.6) is 0 Å². The number of ether oxygens (including phenoxy) is 2. The summed E-state index contributed by atoms with van der Waals surface area (Å²) in [5, 5.41) is 0. The molecular weight excluding hydrogens is 216 g/mol. The van der Waals surface area contributed by atoms with E-state index in [9.17, 15) is 4.79 Å². The van der Waals surface area contributed by atoms with Crippen molar-refractivity contribution in [1.29, 1.82) is 0 Å². The third-order valence-electron chi connectivity index (χ3n) is 3.28. The highest BCUT2D eigenvalue weighted by molar-refractivity contribution is 5.84. The van der Waals surface area contributed by atoms with Gasteiger partial charge in [0.15, 0.2) is 5.79 Å². The normalized spacial score (nSPS) is 24.1. The van der Waals surface area contributed by atoms with Gasteiger partial charge in [-0.1, -0.05) is 13.8 Å². The highest BCUT2D eigenvalue weighted by Crippen LogP contribution is 2.35. The van der Waals surface area contributed by atoms with Gasteiger partial charge >= 0.3 is 0 Å². The maximum Gasteiger partial charge on any atom is 0.163 e. The van der Waals surface area contributed by atoms with Gasteiger partial charge in [-0.25, -0.2) is 0 Å². The van der Waals surface area contributed by atoms with Gasteiger partial charge in [0.2, 0.25) is 0 Å². The minimum Gasteiger partial charge on any atom is -0.350 e. The number of hydrogen-bond donors (Lipinski definition) is 0. The Labute approximate surface area is 104 Å². The predicted octanol–water partition coefficient (Wildman–Crippen LogP) is 2.54. The molecule has 0 saturated carbocycles. The van der Waals surface area contributed by atoms with E-state index in [0.29, 0.717) is 19.4 Å². The molecule has 0 aromatic heterocycles. The summed E-state index contributed by atoms with van der Waals surface area (Å²) in [6.07, 6.45) is 6.75. The fourth-order valence-corrected chi connectivity index (χ4v) is 2.04. The first-order valence-electron chi connectivity index (χ1n) is 6.08. The summed E-state index contributed by atoms with van der Waals surface area (Å²) in [5.74, 6) is 2.06. The molecule has 0 aromatic carbocycles. The Morgan fingerprint density at radius 3 is 2.71 bits per heavy atom. The number of carbonyl (C=O) groups is 1. The topological polar surface area (TPSA) is 35.5 Å². The SMILES string of the molecule is C#CCCC(=O)C(C)(C)[C@@H]1CCOC(C)(C)O1. The lowest BCUT2D eigenvalue weighted by atomic mass is 9.78. The maximum absolute atomic E-state index is 12.1. The Hall–Kier alpha value is -0.850. The molecule has 1 atom stereocenters. The zero-order chi connectivity index (χ0) is 13.1. The Morgan fingerprint density at radius 1 is 1.53 bits per heavy atom. The van der Waals surface area contributed by atoms with Crippen LogP contribution >= 0.6 is 0 Å². The van der Waals surface area contributed by atoms with E-state index in [4.69, 9.17) is 15.9 Å². The maximum atomic E-state index is 12.1. The summed E-state index contributed by atoms with van der Waals surface area (Å²) in [7, 11) is 0. The van der Waals surface area contributed by atoms with E-state index in [1.54, 1.807) is 0 Å². The number of carbonyl (C=O) groups excluding carboxylic acids is 1.